The first kappa shape index (κ1) is 19.7. The Kier molecular flexibility index (Phi) is 7.38. The Morgan fingerprint density at radius 3 is 2.46 bits per heavy atom. The first-order valence-electron chi connectivity index (χ1n) is 7.85. The number of anilines is 1. The molecule has 0 saturated carbocycles. The molecule has 0 fully saturated rings. The summed E-state index contributed by atoms with van der Waals surface area (Å²) < 4.78 is 5.53. The van der Waals surface area contributed by atoms with Gasteiger partial charge in [-0.1, -0.05) is 30.3 Å². The van der Waals surface area contributed by atoms with Crippen LogP contribution < -0.4 is 15.4 Å². The van der Waals surface area contributed by atoms with Crippen LogP contribution in [0.2, 0.25) is 5.02 Å². The molecule has 134 valence electrons. The van der Waals surface area contributed by atoms with Crippen molar-refractivity contribution in [2.24, 2.45) is 0 Å². The van der Waals surface area contributed by atoms with E-state index in [1.54, 1.807) is 18.2 Å². The number of halogens is 1. The maximum atomic E-state index is 11.9. The number of rotatable bonds is 6. The quantitative estimate of drug-likeness (QED) is 0.424. The standard InChI is InChI=1S/C20H19ClN2O2S/c1-14(2)13-25-18-10-8-17(9-11-18)22-20(26)23-19(24)12-5-15-3-6-16(21)7-4-15/h3-12H,1,13H2,2H3,(H2,22,23,24,26)/b12-5+. The van der Waals surface area contributed by atoms with Crippen LogP contribution in [0.5, 0.6) is 5.75 Å². The molecule has 0 aliphatic rings. The van der Waals surface area contributed by atoms with Crippen LogP contribution in [0.15, 0.2) is 66.8 Å². The van der Waals surface area contributed by atoms with Gasteiger partial charge in [-0.15, -0.1) is 0 Å². The van der Waals surface area contributed by atoms with E-state index in [1.165, 1.54) is 6.08 Å². The third kappa shape index (κ3) is 7.09. The molecule has 0 radical (unpaired) electrons. The molecule has 0 saturated heterocycles. The van der Waals surface area contributed by atoms with Crippen LogP contribution in [-0.4, -0.2) is 17.6 Å². The Morgan fingerprint density at radius 1 is 1.19 bits per heavy atom. The second-order valence-electron chi connectivity index (χ2n) is 5.60. The molecular formula is C20H19ClN2O2S. The molecular weight excluding hydrogens is 368 g/mol. The zero-order valence-electron chi connectivity index (χ0n) is 14.3. The van der Waals surface area contributed by atoms with Crippen molar-refractivity contribution in [3.8, 4) is 5.75 Å². The molecule has 6 heteroatoms. The molecule has 0 spiro atoms. The van der Waals surface area contributed by atoms with Gasteiger partial charge < -0.3 is 10.1 Å². The largest absolute Gasteiger partial charge is 0.489 e. The Balaban J connectivity index is 1.82. The fourth-order valence-corrected chi connectivity index (χ4v) is 2.25. The van der Waals surface area contributed by atoms with Gasteiger partial charge in [0, 0.05) is 16.8 Å². The topological polar surface area (TPSA) is 50.4 Å². The highest BCUT2D eigenvalue weighted by Crippen LogP contribution is 2.16. The van der Waals surface area contributed by atoms with Crippen molar-refractivity contribution >= 4 is 46.6 Å². The summed E-state index contributed by atoms with van der Waals surface area (Å²) in [5.74, 6) is 0.415. The minimum Gasteiger partial charge on any atom is -0.489 e. The summed E-state index contributed by atoms with van der Waals surface area (Å²) in [6, 6.07) is 14.4. The summed E-state index contributed by atoms with van der Waals surface area (Å²) in [7, 11) is 0. The SMILES string of the molecule is C=C(C)COc1ccc(NC(=S)NC(=O)/C=C/c2ccc(Cl)cc2)cc1. The first-order chi connectivity index (χ1) is 12.4. The van der Waals surface area contributed by atoms with Crippen molar-refractivity contribution in [2.45, 2.75) is 6.92 Å². The molecule has 0 bridgehead atoms. The van der Waals surface area contributed by atoms with Crippen molar-refractivity contribution in [1.82, 2.24) is 5.32 Å². The lowest BCUT2D eigenvalue weighted by Gasteiger charge is -2.10. The highest BCUT2D eigenvalue weighted by atomic mass is 35.5. The summed E-state index contributed by atoms with van der Waals surface area (Å²) in [6.45, 7) is 6.16. The number of nitrogens with one attached hydrogen (secondary N) is 2. The predicted octanol–water partition coefficient (Wildman–Crippen LogP) is 4.82. The maximum absolute atomic E-state index is 11.9. The van der Waals surface area contributed by atoms with Crippen molar-refractivity contribution in [3.05, 3.63) is 77.3 Å². The molecule has 2 rings (SSSR count). The molecule has 0 aliphatic carbocycles. The molecule has 2 aromatic carbocycles. The number of ether oxygens (including phenoxy) is 1. The summed E-state index contributed by atoms with van der Waals surface area (Å²) in [4.78, 5) is 11.9. The molecule has 0 heterocycles. The van der Waals surface area contributed by atoms with Gasteiger partial charge in [-0.05, 0) is 72.8 Å². The summed E-state index contributed by atoms with van der Waals surface area (Å²) in [6.07, 6.45) is 3.09. The Bertz CT molecular complexity index is 815. The lowest BCUT2D eigenvalue weighted by atomic mass is 10.2. The minimum atomic E-state index is -0.320. The minimum absolute atomic E-state index is 0.214. The van der Waals surface area contributed by atoms with E-state index in [4.69, 9.17) is 28.6 Å². The van der Waals surface area contributed by atoms with Crippen LogP contribution in [0.1, 0.15) is 12.5 Å². The fraction of sp³-hybridized carbons (Fsp3) is 0.100. The van der Waals surface area contributed by atoms with Crippen LogP contribution in [0.25, 0.3) is 6.08 Å². The number of thiocarbonyl (C=S) groups is 1. The van der Waals surface area contributed by atoms with E-state index >= 15 is 0 Å². The molecule has 4 nitrogen and oxygen atoms in total. The van der Waals surface area contributed by atoms with E-state index in [0.717, 1.165) is 22.6 Å². The average molecular weight is 387 g/mol. The number of amides is 1. The van der Waals surface area contributed by atoms with E-state index in [0.29, 0.717) is 11.6 Å². The van der Waals surface area contributed by atoms with E-state index in [-0.39, 0.29) is 11.0 Å². The van der Waals surface area contributed by atoms with Crippen molar-refractivity contribution < 1.29 is 9.53 Å². The van der Waals surface area contributed by atoms with Gasteiger partial charge in [-0.3, -0.25) is 10.1 Å². The monoisotopic (exact) mass is 386 g/mol. The second-order valence-corrected chi connectivity index (χ2v) is 6.44. The highest BCUT2D eigenvalue weighted by Gasteiger charge is 2.02. The predicted molar refractivity (Wildman–Crippen MR) is 112 cm³/mol. The van der Waals surface area contributed by atoms with Gasteiger partial charge in [0.15, 0.2) is 5.11 Å². The Labute approximate surface area is 163 Å². The van der Waals surface area contributed by atoms with Gasteiger partial charge in [0.1, 0.15) is 12.4 Å². The molecule has 1 amide bonds. The van der Waals surface area contributed by atoms with Crippen LogP contribution >= 0.6 is 23.8 Å². The van der Waals surface area contributed by atoms with Gasteiger partial charge in [0.25, 0.3) is 0 Å². The molecule has 2 N–H and O–H groups in total. The zero-order chi connectivity index (χ0) is 18.9. The highest BCUT2D eigenvalue weighted by molar-refractivity contribution is 7.80. The number of carbonyl (C=O) groups excluding carboxylic acids is 1. The van der Waals surface area contributed by atoms with E-state index in [9.17, 15) is 4.79 Å². The van der Waals surface area contributed by atoms with E-state index < -0.39 is 0 Å². The summed E-state index contributed by atoms with van der Waals surface area (Å²) in [5.41, 5.74) is 2.57. The third-order valence-corrected chi connectivity index (χ3v) is 3.59. The zero-order valence-corrected chi connectivity index (χ0v) is 15.9. The van der Waals surface area contributed by atoms with Gasteiger partial charge in [-0.25, -0.2) is 0 Å². The number of carbonyl (C=O) groups is 1. The average Bonchev–Trinajstić information content (AvgIpc) is 2.60. The normalized spacial score (nSPS) is 10.4. The van der Waals surface area contributed by atoms with Gasteiger partial charge in [0.05, 0.1) is 0 Å². The van der Waals surface area contributed by atoms with E-state index in [2.05, 4.69) is 17.2 Å². The summed E-state index contributed by atoms with van der Waals surface area (Å²) in [5, 5.41) is 6.40. The molecule has 2 aromatic rings. The number of benzene rings is 2. The second kappa shape index (κ2) is 9.75. The van der Waals surface area contributed by atoms with Crippen molar-refractivity contribution in [1.29, 1.82) is 0 Å². The lowest BCUT2D eigenvalue weighted by Crippen LogP contribution is -2.32. The smallest absolute Gasteiger partial charge is 0.250 e. The summed E-state index contributed by atoms with van der Waals surface area (Å²) >= 11 is 11.0. The van der Waals surface area contributed by atoms with Crippen LogP contribution in [-0.2, 0) is 4.79 Å². The van der Waals surface area contributed by atoms with Crippen molar-refractivity contribution in [2.75, 3.05) is 11.9 Å². The molecule has 0 unspecified atom stereocenters. The molecule has 0 aromatic heterocycles. The van der Waals surface area contributed by atoms with Gasteiger partial charge >= 0.3 is 0 Å². The molecule has 0 aliphatic heterocycles. The van der Waals surface area contributed by atoms with Crippen LogP contribution in [0.4, 0.5) is 5.69 Å². The Hall–Kier alpha value is -2.63. The van der Waals surface area contributed by atoms with E-state index in [1.807, 2.05) is 43.3 Å². The first-order valence-corrected chi connectivity index (χ1v) is 8.64. The van der Waals surface area contributed by atoms with Gasteiger partial charge in [-0.2, -0.15) is 0 Å². The maximum Gasteiger partial charge on any atom is 0.250 e. The molecule has 0 atom stereocenters. The molecule has 26 heavy (non-hydrogen) atoms. The number of hydrogen-bond donors (Lipinski definition) is 2. The van der Waals surface area contributed by atoms with Crippen LogP contribution in [0, 0.1) is 0 Å². The third-order valence-electron chi connectivity index (χ3n) is 3.13. The lowest BCUT2D eigenvalue weighted by molar-refractivity contribution is -0.115. The van der Waals surface area contributed by atoms with Gasteiger partial charge in [0.2, 0.25) is 5.91 Å². The fourth-order valence-electron chi connectivity index (χ4n) is 1.90. The van der Waals surface area contributed by atoms with Crippen LogP contribution in [0.3, 0.4) is 0 Å². The number of hydrogen-bond acceptors (Lipinski definition) is 3. The van der Waals surface area contributed by atoms with Crippen molar-refractivity contribution in [3.63, 3.8) is 0 Å². The Morgan fingerprint density at radius 2 is 1.85 bits per heavy atom.